The molecule has 2 N–H and O–H groups in total. The van der Waals surface area contributed by atoms with Gasteiger partial charge in [-0.1, -0.05) is 23.7 Å². The van der Waals surface area contributed by atoms with Crippen molar-refractivity contribution in [1.82, 2.24) is 4.37 Å². The van der Waals surface area contributed by atoms with Gasteiger partial charge in [0.1, 0.15) is 5.15 Å². The second-order valence-electron chi connectivity index (χ2n) is 3.56. The van der Waals surface area contributed by atoms with E-state index in [-0.39, 0.29) is 6.54 Å². The van der Waals surface area contributed by atoms with Crippen LogP contribution in [0, 0.1) is 0 Å². The lowest BCUT2D eigenvalue weighted by Crippen LogP contribution is -2.04. The van der Waals surface area contributed by atoms with Crippen LogP contribution >= 0.6 is 23.1 Å². The Morgan fingerprint density at radius 1 is 1.22 bits per heavy atom. The quantitative estimate of drug-likeness (QED) is 0.910. The van der Waals surface area contributed by atoms with Gasteiger partial charge >= 0.3 is 6.18 Å². The van der Waals surface area contributed by atoms with Gasteiger partial charge < -0.3 is 5.73 Å². The molecule has 0 unspecified atom stereocenters. The first-order chi connectivity index (χ1) is 8.43. The van der Waals surface area contributed by atoms with Crippen LogP contribution in [-0.4, -0.2) is 4.37 Å². The maximum Gasteiger partial charge on any atom is 0.416 e. The van der Waals surface area contributed by atoms with Gasteiger partial charge in [0.15, 0.2) is 0 Å². The predicted molar refractivity (Wildman–Crippen MR) is 65.5 cm³/mol. The molecule has 0 saturated carbocycles. The summed E-state index contributed by atoms with van der Waals surface area (Å²) < 4.78 is 41.2. The van der Waals surface area contributed by atoms with E-state index in [9.17, 15) is 13.2 Å². The molecule has 1 aromatic carbocycles. The molecule has 0 aliphatic rings. The Balaban J connectivity index is 2.40. The normalized spacial score (nSPS) is 11.8. The van der Waals surface area contributed by atoms with E-state index in [0.29, 0.717) is 21.2 Å². The second kappa shape index (κ2) is 4.87. The van der Waals surface area contributed by atoms with Gasteiger partial charge in [-0.05, 0) is 29.2 Å². The molecular formula is C11H8ClF3N2S. The fourth-order valence-corrected chi connectivity index (χ4v) is 2.65. The van der Waals surface area contributed by atoms with E-state index in [1.165, 1.54) is 12.1 Å². The molecule has 0 amide bonds. The molecule has 0 spiro atoms. The van der Waals surface area contributed by atoms with E-state index in [0.717, 1.165) is 23.7 Å². The molecule has 1 aromatic heterocycles. The molecule has 0 aliphatic carbocycles. The van der Waals surface area contributed by atoms with E-state index >= 15 is 0 Å². The maximum atomic E-state index is 12.4. The molecule has 18 heavy (non-hydrogen) atoms. The lowest BCUT2D eigenvalue weighted by molar-refractivity contribution is -0.137. The number of rotatable bonds is 2. The summed E-state index contributed by atoms with van der Waals surface area (Å²) in [4.78, 5) is 0.705. The molecule has 0 radical (unpaired) electrons. The molecular weight excluding hydrogens is 285 g/mol. The van der Waals surface area contributed by atoms with Crippen molar-refractivity contribution in [2.45, 2.75) is 12.7 Å². The Bertz CT molecular complexity index is 548. The third-order valence-corrected chi connectivity index (χ3v) is 3.77. The average molecular weight is 293 g/mol. The SMILES string of the molecule is NCc1c(Cl)nsc1-c1ccc(C(F)(F)F)cc1. The van der Waals surface area contributed by atoms with E-state index in [1.807, 2.05) is 0 Å². The average Bonchev–Trinajstić information content (AvgIpc) is 2.69. The Labute approximate surface area is 110 Å². The zero-order chi connectivity index (χ0) is 13.3. The van der Waals surface area contributed by atoms with Gasteiger partial charge in [0.05, 0.1) is 10.4 Å². The van der Waals surface area contributed by atoms with Gasteiger partial charge in [0.2, 0.25) is 0 Å². The van der Waals surface area contributed by atoms with Gasteiger partial charge in [-0.3, -0.25) is 0 Å². The van der Waals surface area contributed by atoms with Gasteiger partial charge in [-0.15, -0.1) is 0 Å². The fourth-order valence-electron chi connectivity index (χ4n) is 1.50. The zero-order valence-corrected chi connectivity index (χ0v) is 10.5. The molecule has 1 heterocycles. The van der Waals surface area contributed by atoms with Crippen molar-refractivity contribution >= 4 is 23.1 Å². The summed E-state index contributed by atoms with van der Waals surface area (Å²) in [6, 6.07) is 4.85. The molecule has 7 heteroatoms. The zero-order valence-electron chi connectivity index (χ0n) is 8.96. The first-order valence-electron chi connectivity index (χ1n) is 4.95. The van der Waals surface area contributed by atoms with Crippen molar-refractivity contribution < 1.29 is 13.2 Å². The molecule has 0 aliphatic heterocycles. The highest BCUT2D eigenvalue weighted by atomic mass is 35.5. The van der Waals surface area contributed by atoms with Crippen LogP contribution in [0.4, 0.5) is 13.2 Å². The minimum absolute atomic E-state index is 0.200. The monoisotopic (exact) mass is 292 g/mol. The van der Waals surface area contributed by atoms with Crippen LogP contribution in [0.25, 0.3) is 10.4 Å². The Kier molecular flexibility index (Phi) is 3.61. The predicted octanol–water partition coefficient (Wildman–Crippen LogP) is 3.94. The number of benzene rings is 1. The molecule has 0 fully saturated rings. The van der Waals surface area contributed by atoms with E-state index in [4.69, 9.17) is 17.3 Å². The fraction of sp³-hybridized carbons (Fsp3) is 0.182. The van der Waals surface area contributed by atoms with E-state index < -0.39 is 11.7 Å². The summed E-state index contributed by atoms with van der Waals surface area (Å²) in [6.45, 7) is 0.200. The highest BCUT2D eigenvalue weighted by molar-refractivity contribution is 7.10. The van der Waals surface area contributed by atoms with Gasteiger partial charge in [-0.25, -0.2) is 0 Å². The number of aromatic nitrogens is 1. The van der Waals surface area contributed by atoms with Gasteiger partial charge in [0, 0.05) is 12.1 Å². The number of halogens is 4. The Morgan fingerprint density at radius 3 is 2.33 bits per heavy atom. The van der Waals surface area contributed by atoms with Crippen LogP contribution in [0.15, 0.2) is 24.3 Å². The number of nitrogens with zero attached hydrogens (tertiary/aromatic N) is 1. The summed E-state index contributed by atoms with van der Waals surface area (Å²) in [5.74, 6) is 0. The number of hydrogen-bond acceptors (Lipinski definition) is 3. The number of nitrogens with two attached hydrogens (primary N) is 1. The van der Waals surface area contributed by atoms with Crippen LogP contribution in [0.3, 0.4) is 0 Å². The first kappa shape index (κ1) is 13.3. The molecule has 2 aromatic rings. The lowest BCUT2D eigenvalue weighted by atomic mass is 10.1. The van der Waals surface area contributed by atoms with E-state index in [1.54, 1.807) is 0 Å². The summed E-state index contributed by atoms with van der Waals surface area (Å²) in [5, 5.41) is 0.303. The van der Waals surface area contributed by atoms with Gasteiger partial charge in [0.25, 0.3) is 0 Å². The summed E-state index contributed by atoms with van der Waals surface area (Å²) in [5.41, 5.74) is 6.14. The minimum Gasteiger partial charge on any atom is -0.326 e. The van der Waals surface area contributed by atoms with Crippen molar-refractivity contribution in [2.75, 3.05) is 0 Å². The number of alkyl halides is 3. The van der Waals surface area contributed by atoms with Crippen LogP contribution in [0.5, 0.6) is 0 Å². The van der Waals surface area contributed by atoms with Crippen molar-refractivity contribution in [3.63, 3.8) is 0 Å². The Hall–Kier alpha value is -1.11. The first-order valence-corrected chi connectivity index (χ1v) is 6.10. The van der Waals surface area contributed by atoms with Crippen molar-refractivity contribution in [1.29, 1.82) is 0 Å². The lowest BCUT2D eigenvalue weighted by Gasteiger charge is -2.07. The third kappa shape index (κ3) is 2.50. The van der Waals surface area contributed by atoms with Crippen LogP contribution < -0.4 is 5.73 Å². The number of hydrogen-bond donors (Lipinski definition) is 1. The van der Waals surface area contributed by atoms with Crippen LogP contribution in [0.2, 0.25) is 5.15 Å². The molecule has 96 valence electrons. The Morgan fingerprint density at radius 2 is 1.83 bits per heavy atom. The van der Waals surface area contributed by atoms with Crippen molar-refractivity contribution in [3.05, 3.63) is 40.5 Å². The topological polar surface area (TPSA) is 38.9 Å². The van der Waals surface area contributed by atoms with Crippen LogP contribution in [0.1, 0.15) is 11.1 Å². The highest BCUT2D eigenvalue weighted by Gasteiger charge is 2.30. The van der Waals surface area contributed by atoms with Crippen molar-refractivity contribution in [2.24, 2.45) is 5.73 Å². The molecule has 0 saturated heterocycles. The second-order valence-corrected chi connectivity index (χ2v) is 4.69. The minimum atomic E-state index is -4.33. The molecule has 2 rings (SSSR count). The molecule has 0 atom stereocenters. The summed E-state index contributed by atoms with van der Waals surface area (Å²) >= 11 is 6.96. The summed E-state index contributed by atoms with van der Waals surface area (Å²) in [7, 11) is 0. The van der Waals surface area contributed by atoms with Gasteiger partial charge in [-0.2, -0.15) is 17.5 Å². The maximum absolute atomic E-state index is 12.4. The highest BCUT2D eigenvalue weighted by Crippen LogP contribution is 2.35. The standard InChI is InChI=1S/C11H8ClF3N2S/c12-10-8(5-16)9(18-17-10)6-1-3-7(4-2-6)11(13,14)15/h1-4H,5,16H2. The van der Waals surface area contributed by atoms with Crippen LogP contribution in [-0.2, 0) is 12.7 Å². The summed E-state index contributed by atoms with van der Waals surface area (Å²) in [6.07, 6.45) is -4.33. The molecule has 2 nitrogen and oxygen atoms in total. The van der Waals surface area contributed by atoms with E-state index in [2.05, 4.69) is 4.37 Å². The smallest absolute Gasteiger partial charge is 0.326 e. The van der Waals surface area contributed by atoms with Crippen molar-refractivity contribution in [3.8, 4) is 10.4 Å². The third-order valence-electron chi connectivity index (χ3n) is 2.42. The largest absolute Gasteiger partial charge is 0.416 e. The molecule has 0 bridgehead atoms.